The van der Waals surface area contributed by atoms with E-state index in [1.165, 1.54) is 44.9 Å². The largest absolute Gasteiger partial charge is 0.382 e. The molecule has 3 heteroatoms. The fourth-order valence-electron chi connectivity index (χ4n) is 2.76. The first-order valence-electron chi connectivity index (χ1n) is 7.38. The summed E-state index contributed by atoms with van der Waals surface area (Å²) in [5.41, 5.74) is 7.32. The number of carbonyl (C=O) groups excluding carboxylic acids is 1. The van der Waals surface area contributed by atoms with Crippen LogP contribution in [0.3, 0.4) is 0 Å². The summed E-state index contributed by atoms with van der Waals surface area (Å²) in [5, 5.41) is 3.61. The predicted octanol–water partition coefficient (Wildman–Crippen LogP) is 3.24. The SMILES string of the molecule is NC(=O)Cc1ccc(NC2CCCCCCC2)cc1. The van der Waals surface area contributed by atoms with Gasteiger partial charge >= 0.3 is 0 Å². The molecule has 0 spiro atoms. The van der Waals surface area contributed by atoms with Gasteiger partial charge in [-0.05, 0) is 30.5 Å². The number of hydrogen-bond donors (Lipinski definition) is 2. The molecule has 1 amide bonds. The van der Waals surface area contributed by atoms with Crippen molar-refractivity contribution in [1.82, 2.24) is 0 Å². The van der Waals surface area contributed by atoms with Gasteiger partial charge in [0.15, 0.2) is 0 Å². The standard InChI is InChI=1S/C16H24N2O/c17-16(19)12-13-8-10-15(11-9-13)18-14-6-4-2-1-3-5-7-14/h8-11,14,18H,1-7,12H2,(H2,17,19). The number of anilines is 1. The van der Waals surface area contributed by atoms with E-state index in [1.54, 1.807) is 0 Å². The average Bonchev–Trinajstić information content (AvgIpc) is 2.34. The summed E-state index contributed by atoms with van der Waals surface area (Å²) in [6, 6.07) is 8.67. The van der Waals surface area contributed by atoms with Crippen molar-refractivity contribution < 1.29 is 4.79 Å². The third-order valence-electron chi connectivity index (χ3n) is 3.81. The lowest BCUT2D eigenvalue weighted by Crippen LogP contribution is -2.20. The minimum absolute atomic E-state index is 0.277. The van der Waals surface area contributed by atoms with Gasteiger partial charge in [-0.25, -0.2) is 0 Å². The highest BCUT2D eigenvalue weighted by Crippen LogP contribution is 2.21. The fourth-order valence-corrected chi connectivity index (χ4v) is 2.76. The molecule has 0 atom stereocenters. The first-order valence-corrected chi connectivity index (χ1v) is 7.38. The molecule has 1 aliphatic rings. The number of primary amides is 1. The van der Waals surface area contributed by atoms with Crippen molar-refractivity contribution in [3.63, 3.8) is 0 Å². The van der Waals surface area contributed by atoms with Gasteiger partial charge in [0.25, 0.3) is 0 Å². The van der Waals surface area contributed by atoms with E-state index in [-0.39, 0.29) is 5.91 Å². The lowest BCUT2D eigenvalue weighted by molar-refractivity contribution is -0.117. The van der Waals surface area contributed by atoms with E-state index in [0.717, 1.165) is 11.3 Å². The lowest BCUT2D eigenvalue weighted by atomic mass is 9.96. The molecule has 3 nitrogen and oxygen atoms in total. The van der Waals surface area contributed by atoms with Crippen LogP contribution in [0.25, 0.3) is 0 Å². The normalized spacial score (nSPS) is 17.5. The van der Waals surface area contributed by atoms with E-state index in [1.807, 2.05) is 12.1 Å². The number of carbonyl (C=O) groups is 1. The van der Waals surface area contributed by atoms with Gasteiger partial charge in [0.1, 0.15) is 0 Å². The number of nitrogens with one attached hydrogen (secondary N) is 1. The Kier molecular flexibility index (Phi) is 5.25. The third-order valence-corrected chi connectivity index (χ3v) is 3.81. The summed E-state index contributed by atoms with van der Waals surface area (Å²) < 4.78 is 0. The summed E-state index contributed by atoms with van der Waals surface area (Å²) in [5.74, 6) is -0.277. The second-order valence-corrected chi connectivity index (χ2v) is 5.53. The zero-order valence-corrected chi connectivity index (χ0v) is 11.5. The van der Waals surface area contributed by atoms with Gasteiger partial charge in [-0.2, -0.15) is 0 Å². The number of nitrogens with two attached hydrogens (primary N) is 1. The Morgan fingerprint density at radius 2 is 1.63 bits per heavy atom. The molecule has 1 aromatic rings. The van der Waals surface area contributed by atoms with Gasteiger partial charge in [0, 0.05) is 11.7 Å². The molecule has 0 saturated heterocycles. The van der Waals surface area contributed by atoms with Crippen LogP contribution >= 0.6 is 0 Å². The lowest BCUT2D eigenvalue weighted by Gasteiger charge is -2.22. The van der Waals surface area contributed by atoms with Gasteiger partial charge in [-0.15, -0.1) is 0 Å². The maximum absolute atomic E-state index is 10.8. The van der Waals surface area contributed by atoms with Crippen molar-refractivity contribution in [3.05, 3.63) is 29.8 Å². The fraction of sp³-hybridized carbons (Fsp3) is 0.562. The second-order valence-electron chi connectivity index (χ2n) is 5.53. The van der Waals surface area contributed by atoms with Crippen LogP contribution in [0.5, 0.6) is 0 Å². The van der Waals surface area contributed by atoms with E-state index >= 15 is 0 Å². The second kappa shape index (κ2) is 7.17. The number of benzene rings is 1. The molecule has 0 aromatic heterocycles. The van der Waals surface area contributed by atoms with Crippen LogP contribution in [-0.4, -0.2) is 11.9 Å². The third kappa shape index (κ3) is 4.93. The minimum atomic E-state index is -0.277. The average molecular weight is 260 g/mol. The summed E-state index contributed by atoms with van der Waals surface area (Å²) >= 11 is 0. The van der Waals surface area contributed by atoms with E-state index < -0.39 is 0 Å². The Morgan fingerprint density at radius 1 is 1.05 bits per heavy atom. The van der Waals surface area contributed by atoms with Crippen molar-refractivity contribution in [2.75, 3.05) is 5.32 Å². The topological polar surface area (TPSA) is 55.1 Å². The monoisotopic (exact) mass is 260 g/mol. The van der Waals surface area contributed by atoms with Crippen molar-refractivity contribution in [3.8, 4) is 0 Å². The van der Waals surface area contributed by atoms with Gasteiger partial charge in [0.2, 0.25) is 5.91 Å². The molecule has 1 aromatic carbocycles. The number of amides is 1. The summed E-state index contributed by atoms with van der Waals surface area (Å²) in [6.45, 7) is 0. The van der Waals surface area contributed by atoms with Gasteiger partial charge in [0.05, 0.1) is 6.42 Å². The smallest absolute Gasteiger partial charge is 0.221 e. The van der Waals surface area contributed by atoms with E-state index in [2.05, 4.69) is 17.4 Å². The molecule has 3 N–H and O–H groups in total. The first kappa shape index (κ1) is 13.9. The molecule has 1 saturated carbocycles. The Hall–Kier alpha value is -1.51. The zero-order chi connectivity index (χ0) is 13.5. The molecule has 19 heavy (non-hydrogen) atoms. The number of rotatable bonds is 4. The van der Waals surface area contributed by atoms with Crippen molar-refractivity contribution in [2.24, 2.45) is 5.73 Å². The highest BCUT2D eigenvalue weighted by Gasteiger charge is 2.10. The van der Waals surface area contributed by atoms with Gasteiger partial charge in [-0.1, -0.05) is 44.2 Å². The molecule has 0 unspecified atom stereocenters. The van der Waals surface area contributed by atoms with Crippen LogP contribution in [0.4, 0.5) is 5.69 Å². The predicted molar refractivity (Wildman–Crippen MR) is 79.1 cm³/mol. The number of hydrogen-bond acceptors (Lipinski definition) is 2. The van der Waals surface area contributed by atoms with E-state index in [0.29, 0.717) is 12.5 Å². The van der Waals surface area contributed by atoms with Gasteiger partial charge < -0.3 is 11.1 Å². The Bertz CT molecular complexity index is 392. The molecule has 0 heterocycles. The van der Waals surface area contributed by atoms with Crippen molar-refractivity contribution in [2.45, 2.75) is 57.4 Å². The molecule has 0 radical (unpaired) electrons. The Labute approximate surface area is 115 Å². The first-order chi connectivity index (χ1) is 9.24. The Morgan fingerprint density at radius 3 is 2.21 bits per heavy atom. The molecule has 1 fully saturated rings. The molecule has 1 aliphatic carbocycles. The molecule has 104 valence electrons. The van der Waals surface area contributed by atoms with Crippen molar-refractivity contribution in [1.29, 1.82) is 0 Å². The maximum atomic E-state index is 10.8. The summed E-state index contributed by atoms with van der Waals surface area (Å²) in [4.78, 5) is 10.8. The van der Waals surface area contributed by atoms with E-state index in [9.17, 15) is 4.79 Å². The van der Waals surface area contributed by atoms with Gasteiger partial charge in [-0.3, -0.25) is 4.79 Å². The minimum Gasteiger partial charge on any atom is -0.382 e. The zero-order valence-electron chi connectivity index (χ0n) is 11.5. The van der Waals surface area contributed by atoms with Crippen LogP contribution in [-0.2, 0) is 11.2 Å². The molecular weight excluding hydrogens is 236 g/mol. The van der Waals surface area contributed by atoms with Crippen LogP contribution in [0.1, 0.15) is 50.5 Å². The highest BCUT2D eigenvalue weighted by atomic mass is 16.1. The van der Waals surface area contributed by atoms with Crippen LogP contribution in [0.15, 0.2) is 24.3 Å². The quantitative estimate of drug-likeness (QED) is 0.873. The van der Waals surface area contributed by atoms with Crippen LogP contribution in [0, 0.1) is 0 Å². The highest BCUT2D eigenvalue weighted by molar-refractivity contribution is 5.76. The van der Waals surface area contributed by atoms with Crippen LogP contribution < -0.4 is 11.1 Å². The summed E-state index contributed by atoms with van der Waals surface area (Å²) in [6.07, 6.45) is 9.66. The molecule has 0 aliphatic heterocycles. The van der Waals surface area contributed by atoms with Crippen molar-refractivity contribution >= 4 is 11.6 Å². The Balaban J connectivity index is 1.88. The summed E-state index contributed by atoms with van der Waals surface area (Å²) in [7, 11) is 0. The van der Waals surface area contributed by atoms with E-state index in [4.69, 9.17) is 5.73 Å². The van der Waals surface area contributed by atoms with Crippen LogP contribution in [0.2, 0.25) is 0 Å². The maximum Gasteiger partial charge on any atom is 0.221 e. The molecule has 0 bridgehead atoms. The molecular formula is C16H24N2O. The molecule has 2 rings (SSSR count).